The molecule has 0 aromatic carbocycles. The molecule has 0 saturated carbocycles. The highest BCUT2D eigenvalue weighted by Crippen LogP contribution is 2.40. The van der Waals surface area contributed by atoms with Crippen LogP contribution in [0.3, 0.4) is 0 Å². The normalized spacial score (nSPS) is 13.8. The molecular formula is C7HF8NOS. The predicted molar refractivity (Wildman–Crippen MR) is 42.4 cm³/mol. The van der Waals surface area contributed by atoms with Gasteiger partial charge in [0.05, 0.1) is 4.88 Å². The monoisotopic (exact) mass is 299 g/mol. The maximum atomic E-state index is 12.5. The molecule has 0 aliphatic rings. The van der Waals surface area contributed by atoms with Gasteiger partial charge in [-0.2, -0.15) is 35.1 Å². The standard InChI is InChI=1S/C7HF8NOS/c8-5(9,7(13,14)15)3(17)2-1-16-4(18-2)6(10,11)12/h1H. The van der Waals surface area contributed by atoms with Crippen LogP contribution in [0.4, 0.5) is 35.1 Å². The van der Waals surface area contributed by atoms with E-state index >= 15 is 0 Å². The smallest absolute Gasteiger partial charge is 0.286 e. The Labute approximate surface area is 97.2 Å². The number of hydrogen-bond donors (Lipinski definition) is 0. The Balaban J connectivity index is 3.10. The zero-order valence-corrected chi connectivity index (χ0v) is 8.68. The molecule has 0 saturated heterocycles. The van der Waals surface area contributed by atoms with Crippen molar-refractivity contribution < 1.29 is 39.9 Å². The average Bonchev–Trinajstić information content (AvgIpc) is 2.62. The van der Waals surface area contributed by atoms with Crippen LogP contribution in [-0.4, -0.2) is 22.9 Å². The first-order chi connectivity index (χ1) is 7.87. The molecule has 0 amide bonds. The highest BCUT2D eigenvalue weighted by molar-refractivity contribution is 7.13. The van der Waals surface area contributed by atoms with E-state index in [1.807, 2.05) is 0 Å². The summed E-state index contributed by atoms with van der Waals surface area (Å²) in [6, 6.07) is 0. The summed E-state index contributed by atoms with van der Waals surface area (Å²) >= 11 is -0.575. The lowest BCUT2D eigenvalue weighted by Crippen LogP contribution is -2.43. The van der Waals surface area contributed by atoms with E-state index < -0.39 is 45.3 Å². The number of rotatable bonds is 2. The van der Waals surface area contributed by atoms with Crippen LogP contribution in [0.15, 0.2) is 6.20 Å². The molecule has 0 bridgehead atoms. The van der Waals surface area contributed by atoms with Crippen LogP contribution in [0.25, 0.3) is 0 Å². The maximum absolute atomic E-state index is 12.5. The summed E-state index contributed by atoms with van der Waals surface area (Å²) in [6.07, 6.45) is -11.2. The first-order valence-corrected chi connectivity index (χ1v) is 4.71. The number of halogens is 8. The zero-order chi connectivity index (χ0) is 14.4. The molecule has 0 spiro atoms. The fourth-order valence-corrected chi connectivity index (χ4v) is 1.55. The largest absolute Gasteiger partial charge is 0.461 e. The molecule has 1 aromatic heterocycles. The van der Waals surface area contributed by atoms with Crippen molar-refractivity contribution in [3.63, 3.8) is 0 Å². The minimum atomic E-state index is -6.17. The van der Waals surface area contributed by atoms with E-state index in [0.29, 0.717) is 0 Å². The summed E-state index contributed by atoms with van der Waals surface area (Å²) in [5.41, 5.74) is 0. The van der Waals surface area contributed by atoms with Crippen LogP contribution in [0.2, 0.25) is 0 Å². The SMILES string of the molecule is O=C(c1cnc(C(F)(F)F)s1)C(F)(F)C(F)(F)F. The van der Waals surface area contributed by atoms with Crippen LogP contribution < -0.4 is 0 Å². The number of alkyl halides is 8. The van der Waals surface area contributed by atoms with Crippen molar-refractivity contribution in [2.45, 2.75) is 18.3 Å². The third-order valence-corrected chi connectivity index (χ3v) is 2.65. The van der Waals surface area contributed by atoms with Gasteiger partial charge in [0.1, 0.15) is 0 Å². The molecule has 0 atom stereocenters. The third-order valence-electron chi connectivity index (χ3n) is 1.61. The lowest BCUT2D eigenvalue weighted by atomic mass is 10.2. The van der Waals surface area contributed by atoms with Crippen molar-refractivity contribution in [1.29, 1.82) is 0 Å². The van der Waals surface area contributed by atoms with Gasteiger partial charge < -0.3 is 0 Å². The second-order valence-corrected chi connectivity index (χ2v) is 3.96. The van der Waals surface area contributed by atoms with E-state index in [4.69, 9.17) is 0 Å². The second-order valence-electron chi connectivity index (χ2n) is 2.93. The van der Waals surface area contributed by atoms with Gasteiger partial charge in [-0.05, 0) is 0 Å². The molecule has 0 unspecified atom stereocenters. The van der Waals surface area contributed by atoms with Crippen molar-refractivity contribution in [3.05, 3.63) is 16.1 Å². The lowest BCUT2D eigenvalue weighted by Gasteiger charge is -2.16. The molecule has 2 nitrogen and oxygen atoms in total. The molecule has 0 aliphatic carbocycles. The Morgan fingerprint density at radius 2 is 1.56 bits per heavy atom. The minimum absolute atomic E-state index is 0.0372. The molecule has 0 N–H and O–H groups in total. The number of Topliss-reactive ketones (excluding diaryl/α,β-unsaturated/α-hetero) is 1. The molecule has 0 aliphatic heterocycles. The molecule has 11 heteroatoms. The summed E-state index contributed by atoms with van der Waals surface area (Å²) in [4.78, 5) is 12.0. The molecule has 1 aromatic rings. The van der Waals surface area contributed by atoms with Gasteiger partial charge in [0, 0.05) is 6.20 Å². The second kappa shape index (κ2) is 4.14. The average molecular weight is 299 g/mol. The molecule has 1 rings (SSSR count). The molecule has 102 valence electrons. The van der Waals surface area contributed by atoms with Gasteiger partial charge in [0.25, 0.3) is 5.78 Å². The Hall–Kier alpha value is -1.26. The number of thiazole rings is 1. The van der Waals surface area contributed by atoms with Gasteiger partial charge >= 0.3 is 18.3 Å². The van der Waals surface area contributed by atoms with Gasteiger partial charge in [-0.3, -0.25) is 4.79 Å². The van der Waals surface area contributed by atoms with Crippen LogP contribution in [0.5, 0.6) is 0 Å². The highest BCUT2D eigenvalue weighted by atomic mass is 32.1. The summed E-state index contributed by atoms with van der Waals surface area (Å²) in [5, 5.41) is -1.68. The van der Waals surface area contributed by atoms with Gasteiger partial charge in [0.15, 0.2) is 5.01 Å². The summed E-state index contributed by atoms with van der Waals surface area (Å²) in [6.45, 7) is 0. The third kappa shape index (κ3) is 2.60. The van der Waals surface area contributed by atoms with Gasteiger partial charge in [-0.15, -0.1) is 11.3 Å². The fourth-order valence-electron chi connectivity index (χ4n) is 0.794. The molecular weight excluding hydrogens is 298 g/mol. The van der Waals surface area contributed by atoms with Gasteiger partial charge in [0.2, 0.25) is 0 Å². The number of ketones is 1. The Morgan fingerprint density at radius 3 is 1.89 bits per heavy atom. The number of carbonyl (C=O) groups excluding carboxylic acids is 1. The molecule has 0 radical (unpaired) electrons. The predicted octanol–water partition coefficient (Wildman–Crippen LogP) is 3.54. The van der Waals surface area contributed by atoms with Crippen LogP contribution in [-0.2, 0) is 6.18 Å². The maximum Gasteiger partial charge on any atom is 0.461 e. The number of hydrogen-bond acceptors (Lipinski definition) is 3. The Kier molecular flexibility index (Phi) is 3.40. The molecule has 18 heavy (non-hydrogen) atoms. The number of carbonyl (C=O) groups is 1. The van der Waals surface area contributed by atoms with Crippen molar-refractivity contribution in [2.75, 3.05) is 0 Å². The first kappa shape index (κ1) is 14.8. The Morgan fingerprint density at radius 1 is 1.06 bits per heavy atom. The van der Waals surface area contributed by atoms with E-state index in [1.165, 1.54) is 0 Å². The van der Waals surface area contributed by atoms with Gasteiger partial charge in [-0.25, -0.2) is 4.98 Å². The van der Waals surface area contributed by atoms with Crippen molar-refractivity contribution in [3.8, 4) is 0 Å². The summed E-state index contributed by atoms with van der Waals surface area (Å²) in [5.74, 6) is -8.51. The van der Waals surface area contributed by atoms with Crippen LogP contribution >= 0.6 is 11.3 Å². The van der Waals surface area contributed by atoms with E-state index in [1.54, 1.807) is 0 Å². The fraction of sp³-hybridized carbons (Fsp3) is 0.429. The van der Waals surface area contributed by atoms with Crippen molar-refractivity contribution in [2.24, 2.45) is 0 Å². The van der Waals surface area contributed by atoms with Crippen molar-refractivity contribution >= 4 is 17.1 Å². The van der Waals surface area contributed by atoms with Crippen LogP contribution in [0.1, 0.15) is 14.7 Å². The number of nitrogens with zero attached hydrogens (tertiary/aromatic N) is 1. The minimum Gasteiger partial charge on any atom is -0.286 e. The van der Waals surface area contributed by atoms with Gasteiger partial charge in [-0.1, -0.05) is 0 Å². The zero-order valence-electron chi connectivity index (χ0n) is 7.86. The summed E-state index contributed by atoms with van der Waals surface area (Å²) < 4.78 is 96.5. The molecule has 0 fully saturated rings. The van der Waals surface area contributed by atoms with E-state index in [2.05, 4.69) is 4.98 Å². The Bertz CT molecular complexity index is 459. The lowest BCUT2D eigenvalue weighted by molar-refractivity contribution is -0.255. The molecule has 1 heterocycles. The van der Waals surface area contributed by atoms with Crippen molar-refractivity contribution in [1.82, 2.24) is 4.98 Å². The van der Waals surface area contributed by atoms with E-state index in [0.717, 1.165) is 0 Å². The van der Waals surface area contributed by atoms with E-state index in [-0.39, 0.29) is 6.20 Å². The summed E-state index contributed by atoms with van der Waals surface area (Å²) in [7, 11) is 0. The first-order valence-electron chi connectivity index (χ1n) is 3.89. The van der Waals surface area contributed by atoms with Crippen LogP contribution in [0, 0.1) is 0 Å². The van der Waals surface area contributed by atoms with E-state index in [9.17, 15) is 39.9 Å². The quantitative estimate of drug-likeness (QED) is 0.617. The number of aromatic nitrogens is 1. The highest BCUT2D eigenvalue weighted by Gasteiger charge is 2.63. The topological polar surface area (TPSA) is 30.0 Å².